The molecule has 1 fully saturated rings. The number of amides is 1. The summed E-state index contributed by atoms with van der Waals surface area (Å²) < 4.78 is 40.4. The molecule has 0 aromatic heterocycles. The second kappa shape index (κ2) is 8.15. The van der Waals surface area contributed by atoms with E-state index in [4.69, 9.17) is 23.3 Å². The number of hydrogen-bond donors (Lipinski definition) is 1. The molecule has 1 heterocycles. The Labute approximate surface area is 144 Å². The van der Waals surface area contributed by atoms with Gasteiger partial charge >= 0.3 is 13.7 Å². The fourth-order valence-corrected chi connectivity index (χ4v) is 4.17. The molecule has 142 valence electrons. The maximum Gasteiger partial charge on any atom is 0.408 e. The number of carbonyl (C=O) groups is 1. The number of ether oxygens (including phenoxy) is 3. The maximum atomic E-state index is 13.2. The maximum absolute atomic E-state index is 13.2. The van der Waals surface area contributed by atoms with Gasteiger partial charge in [-0.3, -0.25) is 4.57 Å². The van der Waals surface area contributed by atoms with Crippen LogP contribution in [0.15, 0.2) is 0 Å². The number of alkyl carbamates (subject to hydrolysis) is 1. The van der Waals surface area contributed by atoms with Gasteiger partial charge in [0.15, 0.2) is 11.6 Å². The summed E-state index contributed by atoms with van der Waals surface area (Å²) in [5.41, 5.74) is -0.692. The molecule has 24 heavy (non-hydrogen) atoms. The van der Waals surface area contributed by atoms with E-state index in [0.717, 1.165) is 0 Å². The van der Waals surface area contributed by atoms with Crippen LogP contribution < -0.4 is 5.32 Å². The third kappa shape index (κ3) is 6.33. The lowest BCUT2D eigenvalue weighted by molar-refractivity contribution is -0.139. The summed E-state index contributed by atoms with van der Waals surface area (Å²) in [7, 11) is -3.67. The molecule has 0 aromatic rings. The van der Waals surface area contributed by atoms with Crippen LogP contribution in [-0.4, -0.2) is 49.2 Å². The smallest absolute Gasteiger partial charge is 0.408 e. The molecular formula is C15H30NO7P. The van der Waals surface area contributed by atoms with E-state index < -0.39 is 37.0 Å². The zero-order valence-electron chi connectivity index (χ0n) is 15.6. The predicted molar refractivity (Wildman–Crippen MR) is 88.9 cm³/mol. The minimum absolute atomic E-state index is 0.150. The first-order chi connectivity index (χ1) is 10.9. The number of hydrogen-bond acceptors (Lipinski definition) is 7. The Morgan fingerprint density at radius 1 is 1.29 bits per heavy atom. The average molecular weight is 367 g/mol. The second-order valence-corrected chi connectivity index (χ2v) is 8.99. The normalized spacial score (nSPS) is 22.2. The van der Waals surface area contributed by atoms with Crippen LogP contribution in [0.25, 0.3) is 0 Å². The Hall–Kier alpha value is -0.660. The molecule has 9 heteroatoms. The Kier molecular flexibility index (Phi) is 7.26. The minimum Gasteiger partial charge on any atom is -0.444 e. The van der Waals surface area contributed by atoms with Gasteiger partial charge in [0.25, 0.3) is 0 Å². The van der Waals surface area contributed by atoms with E-state index in [9.17, 15) is 9.36 Å². The van der Waals surface area contributed by atoms with Crippen molar-refractivity contribution in [2.24, 2.45) is 0 Å². The van der Waals surface area contributed by atoms with Crippen molar-refractivity contribution in [3.63, 3.8) is 0 Å². The average Bonchev–Trinajstić information content (AvgIpc) is 2.74. The molecule has 0 bridgehead atoms. The summed E-state index contributed by atoms with van der Waals surface area (Å²) in [5.74, 6) is -1.88. The fraction of sp³-hybridized carbons (Fsp3) is 0.933. The zero-order valence-corrected chi connectivity index (χ0v) is 16.5. The Bertz CT molecular complexity index is 465. The molecule has 0 radical (unpaired) electrons. The first kappa shape index (κ1) is 21.4. The van der Waals surface area contributed by atoms with Crippen molar-refractivity contribution in [2.45, 2.75) is 71.7 Å². The van der Waals surface area contributed by atoms with E-state index in [1.165, 1.54) is 0 Å². The lowest BCUT2D eigenvalue weighted by Crippen LogP contribution is -2.47. The van der Waals surface area contributed by atoms with E-state index in [2.05, 4.69) is 5.32 Å². The molecule has 1 rings (SSSR count). The molecule has 1 N–H and O–H groups in total. The van der Waals surface area contributed by atoms with Gasteiger partial charge in [-0.2, -0.15) is 0 Å². The van der Waals surface area contributed by atoms with Gasteiger partial charge in [0.05, 0.1) is 19.8 Å². The van der Waals surface area contributed by atoms with Gasteiger partial charge in [-0.05, 0) is 48.5 Å². The molecule has 0 aromatic carbocycles. The number of carbonyl (C=O) groups excluding carboxylic acids is 1. The summed E-state index contributed by atoms with van der Waals surface area (Å²) in [6, 6.07) is 0. The topological polar surface area (TPSA) is 92.3 Å². The van der Waals surface area contributed by atoms with Gasteiger partial charge in [-0.1, -0.05) is 0 Å². The highest BCUT2D eigenvalue weighted by Crippen LogP contribution is 2.54. The third-order valence-corrected chi connectivity index (χ3v) is 5.39. The first-order valence-electron chi connectivity index (χ1n) is 8.12. The lowest BCUT2D eigenvalue weighted by atomic mass is 10.2. The zero-order chi connectivity index (χ0) is 18.6. The Morgan fingerprint density at radius 2 is 1.83 bits per heavy atom. The quantitative estimate of drug-likeness (QED) is 0.691. The van der Waals surface area contributed by atoms with Gasteiger partial charge in [-0.25, -0.2) is 4.79 Å². The van der Waals surface area contributed by atoms with Crippen molar-refractivity contribution in [3.05, 3.63) is 0 Å². The highest BCUT2D eigenvalue weighted by atomic mass is 31.2. The van der Waals surface area contributed by atoms with Crippen LogP contribution in [-0.2, 0) is 27.8 Å². The third-order valence-electron chi connectivity index (χ3n) is 3.01. The summed E-state index contributed by atoms with van der Waals surface area (Å²) >= 11 is 0. The van der Waals surface area contributed by atoms with Crippen LogP contribution in [0.4, 0.5) is 4.79 Å². The van der Waals surface area contributed by atoms with Gasteiger partial charge in [0, 0.05) is 0 Å². The summed E-state index contributed by atoms with van der Waals surface area (Å²) in [6.45, 7) is 12.6. The van der Waals surface area contributed by atoms with Gasteiger partial charge in [0.1, 0.15) is 11.7 Å². The molecule has 0 spiro atoms. The molecule has 0 saturated carbocycles. The first-order valence-corrected chi connectivity index (χ1v) is 9.73. The minimum atomic E-state index is -3.67. The molecule has 1 saturated heterocycles. The summed E-state index contributed by atoms with van der Waals surface area (Å²) in [4.78, 5) is 12.2. The number of nitrogens with one attached hydrogen (secondary N) is 1. The molecule has 0 aliphatic carbocycles. The van der Waals surface area contributed by atoms with Crippen LogP contribution >= 0.6 is 7.60 Å². The lowest BCUT2D eigenvalue weighted by Gasteiger charge is -2.31. The largest absolute Gasteiger partial charge is 0.444 e. The van der Waals surface area contributed by atoms with E-state index >= 15 is 0 Å². The van der Waals surface area contributed by atoms with E-state index in [-0.39, 0.29) is 19.8 Å². The van der Waals surface area contributed by atoms with Gasteiger partial charge in [0.2, 0.25) is 0 Å². The molecule has 1 aliphatic rings. The van der Waals surface area contributed by atoms with Crippen LogP contribution in [0.2, 0.25) is 0 Å². The van der Waals surface area contributed by atoms with Gasteiger partial charge in [-0.15, -0.1) is 0 Å². The molecule has 8 nitrogen and oxygen atoms in total. The van der Waals surface area contributed by atoms with Crippen molar-refractivity contribution in [1.29, 1.82) is 0 Å². The van der Waals surface area contributed by atoms with Gasteiger partial charge < -0.3 is 28.6 Å². The summed E-state index contributed by atoms with van der Waals surface area (Å²) in [6.07, 6.45) is -1.41. The molecule has 0 unspecified atom stereocenters. The fourth-order valence-electron chi connectivity index (χ4n) is 2.23. The summed E-state index contributed by atoms with van der Waals surface area (Å²) in [5, 5.41) is 2.58. The van der Waals surface area contributed by atoms with E-state index in [0.29, 0.717) is 0 Å². The monoisotopic (exact) mass is 367 g/mol. The molecule has 1 amide bonds. The van der Waals surface area contributed by atoms with Crippen molar-refractivity contribution in [1.82, 2.24) is 5.32 Å². The Morgan fingerprint density at radius 3 is 2.21 bits per heavy atom. The Balaban J connectivity index is 3.02. The SMILES string of the molecule is CCOP(=O)(OCC)[C@H](NC(=O)OC(C)(C)C)[C@H]1COC(C)(C)O1. The van der Waals surface area contributed by atoms with E-state index in [1.807, 2.05) is 0 Å². The predicted octanol–water partition coefficient (Wildman–Crippen LogP) is 3.25. The van der Waals surface area contributed by atoms with Crippen molar-refractivity contribution >= 4 is 13.7 Å². The van der Waals surface area contributed by atoms with Crippen LogP contribution in [0.1, 0.15) is 48.5 Å². The van der Waals surface area contributed by atoms with Crippen molar-refractivity contribution < 1.29 is 32.6 Å². The molecule has 2 atom stereocenters. The standard InChI is InChI=1S/C15H30NO7P/c1-8-20-24(18,21-9-2)12(11-10-19-15(6,7)22-11)16-13(17)23-14(3,4)5/h11-12H,8-10H2,1-7H3,(H,16,17)/t11-,12+/m1/s1. The highest BCUT2D eigenvalue weighted by molar-refractivity contribution is 7.54. The van der Waals surface area contributed by atoms with Crippen molar-refractivity contribution in [2.75, 3.05) is 19.8 Å². The second-order valence-electron chi connectivity index (χ2n) is 6.83. The van der Waals surface area contributed by atoms with Crippen LogP contribution in [0, 0.1) is 0 Å². The van der Waals surface area contributed by atoms with E-state index in [1.54, 1.807) is 48.5 Å². The number of rotatable bonds is 7. The molecular weight excluding hydrogens is 337 g/mol. The molecule has 1 aliphatic heterocycles. The highest BCUT2D eigenvalue weighted by Gasteiger charge is 2.49. The van der Waals surface area contributed by atoms with Crippen LogP contribution in [0.3, 0.4) is 0 Å². The van der Waals surface area contributed by atoms with Crippen LogP contribution in [0.5, 0.6) is 0 Å². The van der Waals surface area contributed by atoms with Crippen molar-refractivity contribution in [3.8, 4) is 0 Å².